The van der Waals surface area contributed by atoms with Gasteiger partial charge in [0.2, 0.25) is 5.91 Å². The highest BCUT2D eigenvalue weighted by Gasteiger charge is 2.15. The molecule has 7 nitrogen and oxygen atoms in total. The number of anilines is 1. The standard InChI is InChI=1S/C21H22N6OS2/c1-14-6-8-16(9-7-14)27-18(11-15(2)25-27)22-20(28)13-30-21-24-23-19(26(21)3)12-17-5-4-10-29-17/h4-11H,12-13H2,1-3H3,(H,22,28). The number of rotatable bonds is 7. The van der Waals surface area contributed by atoms with Crippen LogP contribution >= 0.6 is 23.1 Å². The minimum Gasteiger partial charge on any atom is -0.310 e. The first-order chi connectivity index (χ1) is 14.5. The molecule has 1 aromatic carbocycles. The van der Waals surface area contributed by atoms with Crippen molar-refractivity contribution in [1.82, 2.24) is 24.5 Å². The maximum atomic E-state index is 12.6. The Morgan fingerprint density at radius 2 is 1.97 bits per heavy atom. The molecule has 0 aliphatic heterocycles. The normalized spacial score (nSPS) is 11.0. The maximum absolute atomic E-state index is 12.6. The number of hydrogen-bond acceptors (Lipinski definition) is 6. The van der Waals surface area contributed by atoms with Crippen molar-refractivity contribution in [3.8, 4) is 5.69 Å². The lowest BCUT2D eigenvalue weighted by Gasteiger charge is -2.09. The first kappa shape index (κ1) is 20.4. The van der Waals surface area contributed by atoms with Crippen LogP contribution in [0.15, 0.2) is 53.0 Å². The lowest BCUT2D eigenvalue weighted by atomic mass is 10.2. The Morgan fingerprint density at radius 1 is 1.17 bits per heavy atom. The molecular weight excluding hydrogens is 416 g/mol. The molecular formula is C21H22N6OS2. The fourth-order valence-electron chi connectivity index (χ4n) is 2.97. The molecule has 0 aliphatic carbocycles. The van der Waals surface area contributed by atoms with E-state index < -0.39 is 0 Å². The smallest absolute Gasteiger partial charge is 0.236 e. The van der Waals surface area contributed by atoms with E-state index in [0.717, 1.165) is 28.8 Å². The third-order valence-electron chi connectivity index (χ3n) is 4.55. The molecule has 0 spiro atoms. The molecule has 30 heavy (non-hydrogen) atoms. The highest BCUT2D eigenvalue weighted by molar-refractivity contribution is 7.99. The van der Waals surface area contributed by atoms with Crippen LogP contribution in [0.1, 0.15) is 22.0 Å². The predicted octanol–water partition coefficient (Wildman–Crippen LogP) is 4.00. The SMILES string of the molecule is Cc1ccc(-n2nc(C)cc2NC(=O)CSc2nnc(Cc3cccs3)n2C)cc1. The number of nitrogens with one attached hydrogen (secondary N) is 1. The Bertz CT molecular complexity index is 1150. The quantitative estimate of drug-likeness (QED) is 0.441. The van der Waals surface area contributed by atoms with Crippen molar-refractivity contribution in [3.05, 3.63) is 69.8 Å². The molecule has 0 unspecified atom stereocenters. The first-order valence-corrected chi connectivity index (χ1v) is 11.3. The monoisotopic (exact) mass is 438 g/mol. The lowest BCUT2D eigenvalue weighted by Crippen LogP contribution is -2.17. The van der Waals surface area contributed by atoms with E-state index >= 15 is 0 Å². The summed E-state index contributed by atoms with van der Waals surface area (Å²) in [6.45, 7) is 3.94. The molecule has 154 valence electrons. The van der Waals surface area contributed by atoms with Gasteiger partial charge in [-0.3, -0.25) is 4.79 Å². The van der Waals surface area contributed by atoms with Crippen molar-refractivity contribution in [3.63, 3.8) is 0 Å². The number of aromatic nitrogens is 5. The second-order valence-electron chi connectivity index (χ2n) is 6.97. The van der Waals surface area contributed by atoms with Crippen LogP contribution in [0.25, 0.3) is 5.69 Å². The van der Waals surface area contributed by atoms with E-state index in [1.807, 2.05) is 61.9 Å². The van der Waals surface area contributed by atoms with Gasteiger partial charge in [0.05, 0.1) is 17.1 Å². The highest BCUT2D eigenvalue weighted by atomic mass is 32.2. The lowest BCUT2D eigenvalue weighted by molar-refractivity contribution is -0.113. The average molecular weight is 439 g/mol. The minimum absolute atomic E-state index is 0.115. The van der Waals surface area contributed by atoms with Gasteiger partial charge in [-0.25, -0.2) is 4.68 Å². The molecule has 0 aliphatic rings. The molecule has 4 aromatic rings. The van der Waals surface area contributed by atoms with Crippen LogP contribution in [-0.4, -0.2) is 36.2 Å². The molecule has 3 aromatic heterocycles. The number of benzene rings is 1. The Balaban J connectivity index is 1.40. The third kappa shape index (κ3) is 4.63. The van der Waals surface area contributed by atoms with Gasteiger partial charge in [-0.1, -0.05) is 35.5 Å². The number of hydrogen-bond donors (Lipinski definition) is 1. The molecule has 9 heteroatoms. The summed E-state index contributed by atoms with van der Waals surface area (Å²) in [6.07, 6.45) is 0.739. The van der Waals surface area contributed by atoms with Gasteiger partial charge in [0.15, 0.2) is 5.16 Å². The van der Waals surface area contributed by atoms with Gasteiger partial charge in [0.25, 0.3) is 0 Å². The number of carbonyl (C=O) groups is 1. The van der Waals surface area contributed by atoms with E-state index in [9.17, 15) is 4.79 Å². The second kappa shape index (κ2) is 8.85. The Morgan fingerprint density at radius 3 is 2.70 bits per heavy atom. The van der Waals surface area contributed by atoms with Crippen molar-refractivity contribution in [1.29, 1.82) is 0 Å². The van der Waals surface area contributed by atoms with E-state index in [1.165, 1.54) is 22.2 Å². The van der Waals surface area contributed by atoms with Crippen LogP contribution in [0, 0.1) is 13.8 Å². The van der Waals surface area contributed by atoms with Crippen LogP contribution in [0.5, 0.6) is 0 Å². The summed E-state index contributed by atoms with van der Waals surface area (Å²) in [7, 11) is 1.93. The summed E-state index contributed by atoms with van der Waals surface area (Å²) in [4.78, 5) is 13.8. The number of amides is 1. The van der Waals surface area contributed by atoms with Crippen molar-refractivity contribution in [2.75, 3.05) is 11.1 Å². The molecule has 0 atom stereocenters. The van der Waals surface area contributed by atoms with E-state index in [2.05, 4.69) is 32.1 Å². The van der Waals surface area contributed by atoms with E-state index in [4.69, 9.17) is 0 Å². The number of aryl methyl sites for hydroxylation is 2. The molecule has 0 bridgehead atoms. The Labute approximate surface area is 183 Å². The van der Waals surface area contributed by atoms with Gasteiger partial charge in [-0.15, -0.1) is 21.5 Å². The first-order valence-electron chi connectivity index (χ1n) is 9.46. The molecule has 0 radical (unpaired) electrons. The summed E-state index contributed by atoms with van der Waals surface area (Å²) in [5.74, 6) is 1.66. The topological polar surface area (TPSA) is 77.6 Å². The molecule has 4 rings (SSSR count). The van der Waals surface area contributed by atoms with Crippen molar-refractivity contribution in [2.24, 2.45) is 7.05 Å². The highest BCUT2D eigenvalue weighted by Crippen LogP contribution is 2.21. The van der Waals surface area contributed by atoms with Crippen LogP contribution < -0.4 is 5.32 Å². The van der Waals surface area contributed by atoms with Gasteiger partial charge in [0.1, 0.15) is 11.6 Å². The predicted molar refractivity (Wildman–Crippen MR) is 121 cm³/mol. The second-order valence-corrected chi connectivity index (χ2v) is 8.94. The summed E-state index contributed by atoms with van der Waals surface area (Å²) >= 11 is 3.07. The van der Waals surface area contributed by atoms with Crippen molar-refractivity contribution < 1.29 is 4.79 Å². The number of thioether (sulfide) groups is 1. The fourth-order valence-corrected chi connectivity index (χ4v) is 4.41. The number of thiophene rings is 1. The van der Waals surface area contributed by atoms with Gasteiger partial charge in [0, 0.05) is 24.4 Å². The van der Waals surface area contributed by atoms with Crippen LogP contribution in [0.2, 0.25) is 0 Å². The molecule has 3 heterocycles. The maximum Gasteiger partial charge on any atom is 0.236 e. The minimum atomic E-state index is -0.115. The third-order valence-corrected chi connectivity index (χ3v) is 6.44. The van der Waals surface area contributed by atoms with Crippen LogP contribution in [0.4, 0.5) is 5.82 Å². The average Bonchev–Trinajstić information content (AvgIpc) is 3.44. The van der Waals surface area contributed by atoms with Crippen LogP contribution in [-0.2, 0) is 18.3 Å². The fraction of sp³-hybridized carbons (Fsp3) is 0.238. The molecule has 0 saturated heterocycles. The molecule has 0 saturated carbocycles. The Kier molecular flexibility index (Phi) is 6.01. The summed E-state index contributed by atoms with van der Waals surface area (Å²) in [5, 5.41) is 18.7. The molecule has 1 amide bonds. The van der Waals surface area contributed by atoms with E-state index in [1.54, 1.807) is 16.0 Å². The van der Waals surface area contributed by atoms with Gasteiger partial charge in [-0.2, -0.15) is 5.10 Å². The number of carbonyl (C=O) groups excluding carboxylic acids is 1. The van der Waals surface area contributed by atoms with E-state index in [0.29, 0.717) is 5.82 Å². The van der Waals surface area contributed by atoms with Gasteiger partial charge < -0.3 is 9.88 Å². The summed E-state index contributed by atoms with van der Waals surface area (Å²) in [5.41, 5.74) is 2.92. The largest absolute Gasteiger partial charge is 0.310 e. The van der Waals surface area contributed by atoms with Gasteiger partial charge >= 0.3 is 0 Å². The Hall–Kier alpha value is -2.91. The zero-order chi connectivity index (χ0) is 21.1. The molecule has 0 fully saturated rings. The number of nitrogens with zero attached hydrogens (tertiary/aromatic N) is 5. The zero-order valence-electron chi connectivity index (χ0n) is 17.0. The zero-order valence-corrected chi connectivity index (χ0v) is 18.6. The van der Waals surface area contributed by atoms with Crippen molar-refractivity contribution >= 4 is 34.8 Å². The summed E-state index contributed by atoms with van der Waals surface area (Å²) in [6, 6.07) is 14.0. The van der Waals surface area contributed by atoms with Crippen LogP contribution in [0.3, 0.4) is 0 Å². The van der Waals surface area contributed by atoms with Crippen molar-refractivity contribution in [2.45, 2.75) is 25.4 Å². The van der Waals surface area contributed by atoms with Gasteiger partial charge in [-0.05, 0) is 37.4 Å². The summed E-state index contributed by atoms with van der Waals surface area (Å²) < 4.78 is 3.69. The molecule has 1 N–H and O–H groups in total. The van der Waals surface area contributed by atoms with E-state index in [-0.39, 0.29) is 11.7 Å².